The van der Waals surface area contributed by atoms with Gasteiger partial charge in [-0.1, -0.05) is 30.3 Å². The molecule has 0 aliphatic carbocycles. The van der Waals surface area contributed by atoms with Crippen molar-refractivity contribution in [3.8, 4) is 0 Å². The van der Waals surface area contributed by atoms with Gasteiger partial charge in [0.1, 0.15) is 5.25 Å². The lowest BCUT2D eigenvalue weighted by molar-refractivity contribution is -0.146. The second kappa shape index (κ2) is 5.81. The molecule has 0 heterocycles. The molecule has 82 valence electrons. The molecule has 15 heavy (non-hydrogen) atoms. The van der Waals surface area contributed by atoms with Gasteiger partial charge in [0.05, 0.1) is 6.10 Å². The van der Waals surface area contributed by atoms with Gasteiger partial charge in [0.2, 0.25) is 0 Å². The maximum absolute atomic E-state index is 11.5. The van der Waals surface area contributed by atoms with Crippen molar-refractivity contribution in [1.82, 2.24) is 0 Å². The molecule has 1 atom stereocenters. The van der Waals surface area contributed by atoms with Crippen LogP contribution in [0.15, 0.2) is 30.3 Å². The molecule has 0 fully saturated rings. The zero-order valence-corrected chi connectivity index (χ0v) is 9.91. The molecule has 0 N–H and O–H groups in total. The van der Waals surface area contributed by atoms with Gasteiger partial charge >= 0.3 is 5.97 Å². The van der Waals surface area contributed by atoms with Crippen molar-refractivity contribution in [3.05, 3.63) is 35.9 Å². The molecular weight excluding hydrogens is 208 g/mol. The zero-order chi connectivity index (χ0) is 11.3. The molecule has 0 spiro atoms. The largest absolute Gasteiger partial charge is 0.462 e. The maximum Gasteiger partial charge on any atom is 0.319 e. The number of thiol groups is 1. The fourth-order valence-electron chi connectivity index (χ4n) is 1.23. The number of hydrogen-bond acceptors (Lipinski definition) is 3. The molecule has 0 aromatic heterocycles. The molecule has 1 aromatic rings. The molecule has 2 nitrogen and oxygen atoms in total. The summed E-state index contributed by atoms with van der Waals surface area (Å²) in [7, 11) is 0. The van der Waals surface area contributed by atoms with Crippen molar-refractivity contribution in [1.29, 1.82) is 0 Å². The Morgan fingerprint density at radius 2 is 1.93 bits per heavy atom. The Hall–Kier alpha value is -0.960. The Morgan fingerprint density at radius 3 is 2.47 bits per heavy atom. The number of esters is 1. The van der Waals surface area contributed by atoms with Crippen LogP contribution in [0, 0.1) is 0 Å². The molecular formula is C12H16O2S. The molecule has 1 aromatic carbocycles. The van der Waals surface area contributed by atoms with Crippen molar-refractivity contribution < 1.29 is 9.53 Å². The van der Waals surface area contributed by atoms with E-state index in [1.165, 1.54) is 0 Å². The quantitative estimate of drug-likeness (QED) is 0.628. The maximum atomic E-state index is 11.5. The van der Waals surface area contributed by atoms with Crippen molar-refractivity contribution in [2.75, 3.05) is 0 Å². The Morgan fingerprint density at radius 1 is 1.33 bits per heavy atom. The molecule has 1 unspecified atom stereocenters. The average Bonchev–Trinajstić information content (AvgIpc) is 2.18. The van der Waals surface area contributed by atoms with Crippen LogP contribution in [-0.2, 0) is 16.0 Å². The summed E-state index contributed by atoms with van der Waals surface area (Å²) in [5, 5.41) is -0.380. The summed E-state index contributed by atoms with van der Waals surface area (Å²) in [5.74, 6) is -0.253. The van der Waals surface area contributed by atoms with Gasteiger partial charge in [-0.2, -0.15) is 12.6 Å². The summed E-state index contributed by atoms with van der Waals surface area (Å²) in [6, 6.07) is 9.80. The normalized spacial score (nSPS) is 12.5. The van der Waals surface area contributed by atoms with Crippen LogP contribution in [0.4, 0.5) is 0 Å². The van der Waals surface area contributed by atoms with Crippen LogP contribution in [-0.4, -0.2) is 17.3 Å². The lowest BCUT2D eigenvalue weighted by Crippen LogP contribution is -2.23. The molecule has 0 saturated carbocycles. The van der Waals surface area contributed by atoms with Gasteiger partial charge in [0.25, 0.3) is 0 Å². The SMILES string of the molecule is CC(C)OC(=O)C(S)Cc1ccccc1. The zero-order valence-electron chi connectivity index (χ0n) is 9.01. The van der Waals surface area contributed by atoms with Gasteiger partial charge in [-0.15, -0.1) is 0 Å². The lowest BCUT2D eigenvalue weighted by Gasteiger charge is -2.13. The number of hydrogen-bond donors (Lipinski definition) is 1. The van der Waals surface area contributed by atoms with Crippen molar-refractivity contribution in [2.24, 2.45) is 0 Å². The van der Waals surface area contributed by atoms with Gasteiger partial charge < -0.3 is 4.74 Å². The number of carbonyl (C=O) groups excluding carboxylic acids is 1. The first-order valence-corrected chi connectivity index (χ1v) is 5.53. The highest BCUT2D eigenvalue weighted by Gasteiger charge is 2.16. The fourth-order valence-corrected chi connectivity index (χ4v) is 1.50. The van der Waals surface area contributed by atoms with E-state index < -0.39 is 0 Å². The predicted octanol–water partition coefficient (Wildman–Crippen LogP) is 2.48. The molecule has 0 bridgehead atoms. The van der Waals surface area contributed by atoms with Gasteiger partial charge in [-0.3, -0.25) is 4.79 Å². The van der Waals surface area contributed by atoms with Crippen molar-refractivity contribution in [2.45, 2.75) is 31.6 Å². The second-order valence-electron chi connectivity index (χ2n) is 3.69. The molecule has 0 aliphatic heterocycles. The van der Waals surface area contributed by atoms with Crippen molar-refractivity contribution >= 4 is 18.6 Å². The first kappa shape index (κ1) is 12.1. The van der Waals surface area contributed by atoms with E-state index in [1.54, 1.807) is 0 Å². The van der Waals surface area contributed by atoms with E-state index in [4.69, 9.17) is 4.74 Å². The van der Waals surface area contributed by atoms with Crippen LogP contribution in [0.1, 0.15) is 19.4 Å². The minimum Gasteiger partial charge on any atom is -0.462 e. The standard InChI is InChI=1S/C12H16O2S/c1-9(2)14-12(13)11(15)8-10-6-4-3-5-7-10/h3-7,9,11,15H,8H2,1-2H3. The van der Waals surface area contributed by atoms with E-state index in [2.05, 4.69) is 12.6 Å². The number of benzene rings is 1. The fraction of sp³-hybridized carbons (Fsp3) is 0.417. The third kappa shape index (κ3) is 4.38. The summed E-state index contributed by atoms with van der Waals surface area (Å²) < 4.78 is 5.07. The number of carbonyl (C=O) groups is 1. The smallest absolute Gasteiger partial charge is 0.319 e. The van der Waals surface area contributed by atoms with E-state index in [9.17, 15) is 4.79 Å². The minimum absolute atomic E-state index is 0.0806. The van der Waals surface area contributed by atoms with Crippen LogP contribution in [0.25, 0.3) is 0 Å². The van der Waals surface area contributed by atoms with Crippen molar-refractivity contribution in [3.63, 3.8) is 0 Å². The van der Waals surface area contributed by atoms with Crippen LogP contribution >= 0.6 is 12.6 Å². The van der Waals surface area contributed by atoms with Crippen LogP contribution in [0.5, 0.6) is 0 Å². The second-order valence-corrected chi connectivity index (χ2v) is 4.31. The Kier molecular flexibility index (Phi) is 4.69. The van der Waals surface area contributed by atoms with Crippen LogP contribution in [0.3, 0.4) is 0 Å². The number of ether oxygens (including phenoxy) is 1. The van der Waals surface area contributed by atoms with E-state index in [0.29, 0.717) is 6.42 Å². The van der Waals surface area contributed by atoms with E-state index >= 15 is 0 Å². The number of rotatable bonds is 4. The Bertz CT molecular complexity index is 309. The first-order valence-electron chi connectivity index (χ1n) is 5.02. The first-order chi connectivity index (χ1) is 7.09. The average molecular weight is 224 g/mol. The van der Waals surface area contributed by atoms with E-state index in [0.717, 1.165) is 5.56 Å². The molecule has 1 rings (SSSR count). The monoisotopic (exact) mass is 224 g/mol. The molecule has 3 heteroatoms. The van der Waals surface area contributed by atoms with E-state index in [-0.39, 0.29) is 17.3 Å². The Balaban J connectivity index is 2.49. The highest BCUT2D eigenvalue weighted by molar-refractivity contribution is 7.81. The third-order valence-corrected chi connectivity index (χ3v) is 2.29. The van der Waals surface area contributed by atoms with Gasteiger partial charge in [0.15, 0.2) is 0 Å². The highest BCUT2D eigenvalue weighted by Crippen LogP contribution is 2.10. The van der Waals surface area contributed by atoms with Gasteiger partial charge in [-0.05, 0) is 25.8 Å². The summed E-state index contributed by atoms with van der Waals surface area (Å²) in [6.07, 6.45) is 0.526. The molecule has 0 aliphatic rings. The molecule has 0 amide bonds. The molecule has 0 saturated heterocycles. The molecule has 0 radical (unpaired) electrons. The topological polar surface area (TPSA) is 26.3 Å². The summed E-state index contributed by atoms with van der Waals surface area (Å²) in [4.78, 5) is 11.5. The predicted molar refractivity (Wildman–Crippen MR) is 64.1 cm³/mol. The van der Waals surface area contributed by atoms with E-state index in [1.807, 2.05) is 44.2 Å². The summed E-state index contributed by atoms with van der Waals surface area (Å²) >= 11 is 4.24. The highest BCUT2D eigenvalue weighted by atomic mass is 32.1. The lowest BCUT2D eigenvalue weighted by atomic mass is 10.1. The van der Waals surface area contributed by atoms with Crippen LogP contribution < -0.4 is 0 Å². The summed E-state index contributed by atoms with van der Waals surface area (Å²) in [5.41, 5.74) is 1.10. The van der Waals surface area contributed by atoms with Gasteiger partial charge in [0, 0.05) is 0 Å². The Labute approximate surface area is 96.1 Å². The van der Waals surface area contributed by atoms with Crippen LogP contribution in [0.2, 0.25) is 0 Å². The minimum atomic E-state index is -0.380. The third-order valence-electron chi connectivity index (χ3n) is 1.90. The van der Waals surface area contributed by atoms with Gasteiger partial charge in [-0.25, -0.2) is 0 Å². The summed E-state index contributed by atoms with van der Waals surface area (Å²) in [6.45, 7) is 3.67.